The van der Waals surface area contributed by atoms with Gasteiger partial charge in [0, 0.05) is 29.4 Å². The maximum atomic E-state index is 6.06. The lowest BCUT2D eigenvalue weighted by molar-refractivity contribution is 0.199. The van der Waals surface area contributed by atoms with Gasteiger partial charge in [-0.05, 0) is 36.5 Å². The van der Waals surface area contributed by atoms with E-state index in [0.29, 0.717) is 15.4 Å². The van der Waals surface area contributed by atoms with Crippen LogP contribution in [-0.2, 0) is 0 Å². The Bertz CT molecular complexity index is 487. The van der Waals surface area contributed by atoms with E-state index in [4.69, 9.17) is 29.6 Å². The van der Waals surface area contributed by atoms with E-state index in [2.05, 4.69) is 18.7 Å². The molecule has 110 valence electrons. The highest BCUT2D eigenvalue weighted by Crippen LogP contribution is 2.39. The lowest BCUT2D eigenvalue weighted by Crippen LogP contribution is -2.40. The minimum atomic E-state index is 0.422. The van der Waals surface area contributed by atoms with Crippen LogP contribution in [0, 0.1) is 5.41 Å². The fourth-order valence-corrected chi connectivity index (χ4v) is 3.50. The SMILES string of the molecule is CCC1(CC)CCN(c2ccc(Cl)cc2C(N)=S)CC1. The van der Waals surface area contributed by atoms with Crippen molar-refractivity contribution in [1.82, 2.24) is 0 Å². The van der Waals surface area contributed by atoms with Gasteiger partial charge in [0.25, 0.3) is 0 Å². The number of halogens is 1. The molecule has 0 radical (unpaired) electrons. The molecule has 2 rings (SSSR count). The highest BCUT2D eigenvalue weighted by Gasteiger charge is 2.31. The molecule has 1 aliphatic rings. The van der Waals surface area contributed by atoms with Crippen molar-refractivity contribution < 1.29 is 0 Å². The molecule has 1 aromatic rings. The van der Waals surface area contributed by atoms with Crippen LogP contribution in [0.5, 0.6) is 0 Å². The maximum absolute atomic E-state index is 6.06. The summed E-state index contributed by atoms with van der Waals surface area (Å²) in [5.74, 6) is 0. The highest BCUT2D eigenvalue weighted by molar-refractivity contribution is 7.80. The lowest BCUT2D eigenvalue weighted by Gasteiger charge is -2.42. The van der Waals surface area contributed by atoms with Gasteiger partial charge in [-0.2, -0.15) is 0 Å². The van der Waals surface area contributed by atoms with E-state index in [1.807, 2.05) is 18.2 Å². The Labute approximate surface area is 132 Å². The molecule has 1 fully saturated rings. The second-order valence-corrected chi connectivity index (χ2v) is 6.60. The molecule has 1 aromatic carbocycles. The van der Waals surface area contributed by atoms with E-state index in [-0.39, 0.29) is 0 Å². The Hall–Kier alpha value is -0.800. The van der Waals surface area contributed by atoms with Crippen LogP contribution in [-0.4, -0.2) is 18.1 Å². The minimum absolute atomic E-state index is 0.422. The van der Waals surface area contributed by atoms with Gasteiger partial charge in [0.05, 0.1) is 0 Å². The Kier molecular flexibility index (Phi) is 4.92. The summed E-state index contributed by atoms with van der Waals surface area (Å²) in [6.45, 7) is 6.75. The minimum Gasteiger partial charge on any atom is -0.389 e. The zero-order valence-corrected chi connectivity index (χ0v) is 13.9. The number of thiocarbonyl (C=S) groups is 1. The van der Waals surface area contributed by atoms with Crippen molar-refractivity contribution in [3.63, 3.8) is 0 Å². The number of hydrogen-bond acceptors (Lipinski definition) is 2. The van der Waals surface area contributed by atoms with Gasteiger partial charge in [-0.1, -0.05) is 50.5 Å². The summed E-state index contributed by atoms with van der Waals surface area (Å²) in [6, 6.07) is 5.84. The molecule has 1 saturated heterocycles. The molecule has 1 heterocycles. The first-order valence-electron chi connectivity index (χ1n) is 7.35. The summed E-state index contributed by atoms with van der Waals surface area (Å²) in [4.78, 5) is 2.82. The van der Waals surface area contributed by atoms with E-state index >= 15 is 0 Å². The van der Waals surface area contributed by atoms with Gasteiger partial charge in [0.1, 0.15) is 4.99 Å². The summed E-state index contributed by atoms with van der Waals surface area (Å²) in [7, 11) is 0. The molecule has 0 bridgehead atoms. The van der Waals surface area contributed by atoms with E-state index in [0.717, 1.165) is 24.3 Å². The van der Waals surface area contributed by atoms with Crippen LogP contribution in [0.2, 0.25) is 5.02 Å². The summed E-state index contributed by atoms with van der Waals surface area (Å²) in [6.07, 6.45) is 5.00. The topological polar surface area (TPSA) is 29.3 Å². The predicted octanol–water partition coefficient (Wildman–Crippen LogP) is 4.38. The Balaban J connectivity index is 2.21. The molecule has 0 amide bonds. The van der Waals surface area contributed by atoms with Crippen molar-refractivity contribution in [3.05, 3.63) is 28.8 Å². The van der Waals surface area contributed by atoms with Crippen molar-refractivity contribution in [2.24, 2.45) is 11.1 Å². The first kappa shape index (κ1) is 15.6. The third-order valence-corrected chi connectivity index (χ3v) is 5.34. The van der Waals surface area contributed by atoms with Gasteiger partial charge < -0.3 is 10.6 Å². The molecule has 0 spiro atoms. The lowest BCUT2D eigenvalue weighted by atomic mass is 9.74. The first-order chi connectivity index (χ1) is 9.51. The molecule has 0 atom stereocenters. The monoisotopic (exact) mass is 310 g/mol. The second-order valence-electron chi connectivity index (χ2n) is 5.72. The molecule has 0 saturated carbocycles. The van der Waals surface area contributed by atoms with Crippen LogP contribution < -0.4 is 10.6 Å². The number of rotatable bonds is 4. The van der Waals surface area contributed by atoms with Crippen LogP contribution >= 0.6 is 23.8 Å². The van der Waals surface area contributed by atoms with Crippen LogP contribution in [0.15, 0.2) is 18.2 Å². The molecular formula is C16H23ClN2S. The fourth-order valence-electron chi connectivity index (χ4n) is 3.16. The number of nitrogens with zero attached hydrogens (tertiary/aromatic N) is 1. The van der Waals surface area contributed by atoms with Crippen molar-refractivity contribution in [2.45, 2.75) is 39.5 Å². The molecule has 0 aliphatic carbocycles. The number of hydrogen-bond donors (Lipinski definition) is 1. The predicted molar refractivity (Wildman–Crippen MR) is 91.8 cm³/mol. The third-order valence-electron chi connectivity index (χ3n) is 4.89. The Morgan fingerprint density at radius 2 is 1.90 bits per heavy atom. The van der Waals surface area contributed by atoms with Gasteiger partial charge in [-0.15, -0.1) is 0 Å². The van der Waals surface area contributed by atoms with Gasteiger partial charge in [-0.3, -0.25) is 0 Å². The average Bonchev–Trinajstić information content (AvgIpc) is 2.47. The molecule has 0 aromatic heterocycles. The summed E-state index contributed by atoms with van der Waals surface area (Å²) < 4.78 is 0. The third kappa shape index (κ3) is 3.09. The molecule has 1 aliphatic heterocycles. The Morgan fingerprint density at radius 1 is 1.30 bits per heavy atom. The molecular weight excluding hydrogens is 288 g/mol. The van der Waals surface area contributed by atoms with E-state index in [1.54, 1.807) is 0 Å². The van der Waals surface area contributed by atoms with E-state index < -0.39 is 0 Å². The quantitative estimate of drug-likeness (QED) is 0.837. The van der Waals surface area contributed by atoms with Crippen molar-refractivity contribution in [3.8, 4) is 0 Å². The zero-order valence-electron chi connectivity index (χ0n) is 12.3. The van der Waals surface area contributed by atoms with Crippen LogP contribution in [0.4, 0.5) is 5.69 Å². The van der Waals surface area contributed by atoms with Crippen molar-refractivity contribution in [2.75, 3.05) is 18.0 Å². The van der Waals surface area contributed by atoms with Crippen LogP contribution in [0.3, 0.4) is 0 Å². The zero-order chi connectivity index (χ0) is 14.8. The van der Waals surface area contributed by atoms with Gasteiger partial charge in [0.2, 0.25) is 0 Å². The summed E-state index contributed by atoms with van der Waals surface area (Å²) in [5, 5.41) is 0.685. The van der Waals surface area contributed by atoms with Gasteiger partial charge in [-0.25, -0.2) is 0 Å². The molecule has 0 unspecified atom stereocenters. The molecule has 4 heteroatoms. The highest BCUT2D eigenvalue weighted by atomic mass is 35.5. The van der Waals surface area contributed by atoms with Crippen LogP contribution in [0.25, 0.3) is 0 Å². The number of anilines is 1. The summed E-state index contributed by atoms with van der Waals surface area (Å²) >= 11 is 11.2. The maximum Gasteiger partial charge on any atom is 0.106 e. The van der Waals surface area contributed by atoms with E-state index in [1.165, 1.54) is 25.7 Å². The summed E-state index contributed by atoms with van der Waals surface area (Å²) in [5.41, 5.74) is 8.39. The average molecular weight is 311 g/mol. The first-order valence-corrected chi connectivity index (χ1v) is 8.14. The normalized spacial score (nSPS) is 18.1. The van der Waals surface area contributed by atoms with Crippen LogP contribution in [0.1, 0.15) is 45.1 Å². The number of piperidine rings is 1. The second kappa shape index (κ2) is 6.31. The van der Waals surface area contributed by atoms with E-state index in [9.17, 15) is 0 Å². The van der Waals surface area contributed by atoms with Crippen molar-refractivity contribution in [1.29, 1.82) is 0 Å². The molecule has 20 heavy (non-hydrogen) atoms. The van der Waals surface area contributed by atoms with Gasteiger partial charge in [0.15, 0.2) is 0 Å². The fraction of sp³-hybridized carbons (Fsp3) is 0.562. The van der Waals surface area contributed by atoms with Crippen molar-refractivity contribution >= 4 is 34.5 Å². The standard InChI is InChI=1S/C16H23ClN2S/c1-3-16(4-2)7-9-19(10-8-16)14-6-5-12(17)11-13(14)15(18)20/h5-6,11H,3-4,7-10H2,1-2H3,(H2,18,20). The molecule has 2 nitrogen and oxygen atoms in total. The smallest absolute Gasteiger partial charge is 0.106 e. The number of benzene rings is 1. The largest absolute Gasteiger partial charge is 0.389 e. The Morgan fingerprint density at radius 3 is 2.40 bits per heavy atom. The van der Waals surface area contributed by atoms with Gasteiger partial charge >= 0.3 is 0 Å². The molecule has 2 N–H and O–H groups in total. The number of nitrogens with two attached hydrogens (primary N) is 1.